The standard InChI is InChI=1S/C24H28F2N2O3/c1-28-13-17-11-18(27-23(29)15-4-6-19(25)20(26)10-15)8-9-24(17,14-28)16-5-7-21(30-2)22(12-16)31-3/h4-7,10,12,17-18H,8-9,11,13-14H2,1-3H3,(H,27,29)/t17-,18-,24+/m1/s1. The molecule has 0 aromatic heterocycles. The van der Waals surface area contributed by atoms with E-state index in [1.165, 1.54) is 11.6 Å². The molecule has 0 radical (unpaired) electrons. The Kier molecular flexibility index (Phi) is 5.88. The molecule has 1 amide bonds. The quantitative estimate of drug-likeness (QED) is 0.785. The van der Waals surface area contributed by atoms with Gasteiger partial charge in [-0.05, 0) is 68.1 Å². The van der Waals surface area contributed by atoms with Crippen LogP contribution in [0.4, 0.5) is 8.78 Å². The maximum Gasteiger partial charge on any atom is 0.251 e. The monoisotopic (exact) mass is 430 g/mol. The Bertz CT molecular complexity index is 983. The van der Waals surface area contributed by atoms with Crippen molar-refractivity contribution in [1.82, 2.24) is 10.2 Å². The number of hydrogen-bond acceptors (Lipinski definition) is 4. The molecule has 2 fully saturated rings. The van der Waals surface area contributed by atoms with E-state index in [9.17, 15) is 13.6 Å². The molecule has 1 aliphatic carbocycles. The SMILES string of the molecule is COc1ccc([C@@]23CC[C@@H](NC(=O)c4ccc(F)c(F)c4)C[C@@H]2CN(C)C3)cc1OC. The first-order chi connectivity index (χ1) is 14.9. The van der Waals surface area contributed by atoms with E-state index in [0.717, 1.165) is 50.2 Å². The molecule has 1 N–H and O–H groups in total. The van der Waals surface area contributed by atoms with Gasteiger partial charge in [0.25, 0.3) is 5.91 Å². The third-order valence-electron chi connectivity index (χ3n) is 6.85. The lowest BCUT2D eigenvalue weighted by Gasteiger charge is -2.43. The highest BCUT2D eigenvalue weighted by Gasteiger charge is 2.50. The maximum atomic E-state index is 13.5. The van der Waals surface area contributed by atoms with E-state index < -0.39 is 11.6 Å². The second kappa shape index (κ2) is 8.46. The van der Waals surface area contributed by atoms with Crippen molar-refractivity contribution in [3.63, 3.8) is 0 Å². The minimum Gasteiger partial charge on any atom is -0.493 e. The van der Waals surface area contributed by atoms with Crippen LogP contribution in [0.3, 0.4) is 0 Å². The summed E-state index contributed by atoms with van der Waals surface area (Å²) in [6.45, 7) is 1.88. The van der Waals surface area contributed by atoms with Crippen molar-refractivity contribution >= 4 is 5.91 Å². The van der Waals surface area contributed by atoms with Crippen LogP contribution in [-0.2, 0) is 5.41 Å². The predicted molar refractivity (Wildman–Crippen MR) is 114 cm³/mol. The molecule has 0 spiro atoms. The first kappa shape index (κ1) is 21.6. The largest absolute Gasteiger partial charge is 0.493 e. The smallest absolute Gasteiger partial charge is 0.251 e. The zero-order chi connectivity index (χ0) is 22.2. The summed E-state index contributed by atoms with van der Waals surface area (Å²) < 4.78 is 37.6. The van der Waals surface area contributed by atoms with Crippen LogP contribution in [0.1, 0.15) is 35.2 Å². The van der Waals surface area contributed by atoms with Crippen LogP contribution in [0.15, 0.2) is 36.4 Å². The molecule has 2 aromatic rings. The highest BCUT2D eigenvalue weighted by Crippen LogP contribution is 2.49. The van der Waals surface area contributed by atoms with Gasteiger partial charge in [-0.1, -0.05) is 6.07 Å². The lowest BCUT2D eigenvalue weighted by Crippen LogP contribution is -2.47. The number of nitrogens with one attached hydrogen (secondary N) is 1. The summed E-state index contributed by atoms with van der Waals surface area (Å²) in [6, 6.07) is 9.39. The van der Waals surface area contributed by atoms with E-state index in [4.69, 9.17) is 9.47 Å². The molecule has 2 aliphatic rings. The molecule has 7 heteroatoms. The van der Waals surface area contributed by atoms with Crippen molar-refractivity contribution in [3.05, 3.63) is 59.2 Å². The third-order valence-corrected chi connectivity index (χ3v) is 6.85. The van der Waals surface area contributed by atoms with Gasteiger partial charge in [-0.2, -0.15) is 0 Å². The number of rotatable bonds is 5. The summed E-state index contributed by atoms with van der Waals surface area (Å²) in [7, 11) is 5.39. The van der Waals surface area contributed by atoms with Crippen LogP contribution >= 0.6 is 0 Å². The first-order valence-corrected chi connectivity index (χ1v) is 10.5. The minimum atomic E-state index is -1.01. The molecule has 0 unspecified atom stereocenters. The number of methoxy groups -OCH3 is 2. The second-order valence-corrected chi connectivity index (χ2v) is 8.69. The molecule has 1 saturated heterocycles. The molecular formula is C24H28F2N2O3. The lowest BCUT2D eigenvalue weighted by molar-refractivity contribution is 0.0904. The van der Waals surface area contributed by atoms with Gasteiger partial charge in [-0.15, -0.1) is 0 Å². The van der Waals surface area contributed by atoms with Gasteiger partial charge >= 0.3 is 0 Å². The summed E-state index contributed by atoms with van der Waals surface area (Å²) in [5.41, 5.74) is 1.35. The number of amides is 1. The number of benzene rings is 2. The van der Waals surface area contributed by atoms with E-state index in [1.807, 2.05) is 6.07 Å². The number of likely N-dealkylation sites (tertiary alicyclic amines) is 1. The molecule has 2 aromatic carbocycles. The van der Waals surface area contributed by atoms with Crippen molar-refractivity contribution in [3.8, 4) is 11.5 Å². The Morgan fingerprint density at radius 1 is 1.10 bits per heavy atom. The fraction of sp³-hybridized carbons (Fsp3) is 0.458. The molecule has 1 aliphatic heterocycles. The topological polar surface area (TPSA) is 50.8 Å². The van der Waals surface area contributed by atoms with Crippen molar-refractivity contribution in [1.29, 1.82) is 0 Å². The summed E-state index contributed by atoms with van der Waals surface area (Å²) in [4.78, 5) is 14.9. The maximum absolute atomic E-state index is 13.5. The predicted octanol–water partition coefficient (Wildman–Crippen LogP) is 3.76. The van der Waals surface area contributed by atoms with Crippen LogP contribution < -0.4 is 14.8 Å². The third kappa shape index (κ3) is 3.99. The van der Waals surface area contributed by atoms with Crippen molar-refractivity contribution < 1.29 is 23.0 Å². The number of fused-ring (bicyclic) bond motifs is 1. The Morgan fingerprint density at radius 3 is 2.58 bits per heavy atom. The van der Waals surface area contributed by atoms with Gasteiger partial charge in [0.05, 0.1) is 14.2 Å². The molecule has 31 heavy (non-hydrogen) atoms. The number of hydrogen-bond donors (Lipinski definition) is 1. The molecular weight excluding hydrogens is 402 g/mol. The molecule has 0 bridgehead atoms. The number of halogens is 2. The Balaban J connectivity index is 1.53. The Hall–Kier alpha value is -2.67. The summed E-state index contributed by atoms with van der Waals surface area (Å²) in [5.74, 6) is -0.549. The van der Waals surface area contributed by atoms with Gasteiger partial charge < -0.3 is 19.7 Å². The molecule has 3 atom stereocenters. The fourth-order valence-electron chi connectivity index (χ4n) is 5.36. The average Bonchev–Trinajstić information content (AvgIpc) is 3.11. The number of ether oxygens (including phenoxy) is 2. The zero-order valence-corrected chi connectivity index (χ0v) is 18.1. The van der Waals surface area contributed by atoms with E-state index in [1.54, 1.807) is 14.2 Å². The molecule has 166 valence electrons. The van der Waals surface area contributed by atoms with Crippen LogP contribution in [0.5, 0.6) is 11.5 Å². The number of carbonyl (C=O) groups excluding carboxylic acids is 1. The number of carbonyl (C=O) groups is 1. The Morgan fingerprint density at radius 2 is 1.87 bits per heavy atom. The molecule has 5 nitrogen and oxygen atoms in total. The van der Waals surface area contributed by atoms with Crippen LogP contribution in [0.2, 0.25) is 0 Å². The van der Waals surface area contributed by atoms with Crippen molar-refractivity contribution in [2.45, 2.75) is 30.7 Å². The molecule has 1 saturated carbocycles. The van der Waals surface area contributed by atoms with Gasteiger partial charge in [0, 0.05) is 30.1 Å². The normalized spacial score (nSPS) is 25.7. The van der Waals surface area contributed by atoms with E-state index >= 15 is 0 Å². The van der Waals surface area contributed by atoms with Crippen LogP contribution in [0.25, 0.3) is 0 Å². The van der Waals surface area contributed by atoms with Gasteiger partial charge in [-0.25, -0.2) is 8.78 Å². The number of likely N-dealkylation sites (N-methyl/N-ethyl adjacent to an activating group) is 1. The van der Waals surface area contributed by atoms with E-state index in [-0.39, 0.29) is 22.9 Å². The second-order valence-electron chi connectivity index (χ2n) is 8.69. The van der Waals surface area contributed by atoms with Gasteiger partial charge in [0.1, 0.15) is 0 Å². The van der Waals surface area contributed by atoms with Crippen molar-refractivity contribution in [2.24, 2.45) is 5.92 Å². The van der Waals surface area contributed by atoms with E-state index in [0.29, 0.717) is 11.7 Å². The summed E-state index contributed by atoms with van der Waals surface area (Å²) >= 11 is 0. The lowest BCUT2D eigenvalue weighted by atomic mass is 9.63. The van der Waals surface area contributed by atoms with Gasteiger partial charge in [-0.3, -0.25) is 4.79 Å². The average molecular weight is 430 g/mol. The van der Waals surface area contributed by atoms with Gasteiger partial charge in [0.15, 0.2) is 23.1 Å². The first-order valence-electron chi connectivity index (χ1n) is 10.5. The highest BCUT2D eigenvalue weighted by molar-refractivity contribution is 5.94. The number of nitrogens with zero attached hydrogens (tertiary/aromatic N) is 1. The van der Waals surface area contributed by atoms with E-state index in [2.05, 4.69) is 29.4 Å². The van der Waals surface area contributed by atoms with Crippen LogP contribution in [-0.4, -0.2) is 51.2 Å². The fourth-order valence-corrected chi connectivity index (χ4v) is 5.36. The minimum absolute atomic E-state index is 0.00890. The highest BCUT2D eigenvalue weighted by atomic mass is 19.2. The van der Waals surface area contributed by atoms with Crippen LogP contribution in [0, 0.1) is 17.6 Å². The Labute approximate surface area is 181 Å². The summed E-state index contributed by atoms with van der Waals surface area (Å²) in [5, 5.41) is 3.03. The summed E-state index contributed by atoms with van der Waals surface area (Å²) in [6.07, 6.45) is 2.56. The molecule has 4 rings (SSSR count). The van der Waals surface area contributed by atoms with Crippen molar-refractivity contribution in [2.75, 3.05) is 34.4 Å². The van der Waals surface area contributed by atoms with Gasteiger partial charge in [0.2, 0.25) is 0 Å². The molecule has 1 heterocycles. The zero-order valence-electron chi connectivity index (χ0n) is 18.1.